The zero-order chi connectivity index (χ0) is 16.7. The van der Waals surface area contributed by atoms with Crippen molar-refractivity contribution >= 4 is 50.1 Å². The SMILES string of the molecule is O=C(Nc1nc2ccc(Cl)cc2s1)[C@H]1CC(=O)N(C2CCCC2)C1. The number of nitrogens with zero attached hydrogens (tertiary/aromatic N) is 2. The molecular formula is C17H18ClN3O2S. The number of aromatic nitrogens is 1. The molecule has 24 heavy (non-hydrogen) atoms. The van der Waals surface area contributed by atoms with E-state index in [0.29, 0.717) is 29.2 Å². The van der Waals surface area contributed by atoms with Gasteiger partial charge in [0.15, 0.2) is 5.13 Å². The number of hydrogen-bond donors (Lipinski definition) is 1. The maximum atomic E-state index is 12.5. The van der Waals surface area contributed by atoms with Crippen LogP contribution in [0.5, 0.6) is 0 Å². The highest BCUT2D eigenvalue weighted by atomic mass is 35.5. The average Bonchev–Trinajstić information content (AvgIpc) is 3.25. The van der Waals surface area contributed by atoms with Crippen LogP contribution < -0.4 is 5.32 Å². The second kappa shape index (κ2) is 6.33. The molecule has 2 aromatic rings. The number of nitrogens with one attached hydrogen (secondary N) is 1. The van der Waals surface area contributed by atoms with Crippen LogP contribution in [-0.2, 0) is 9.59 Å². The van der Waals surface area contributed by atoms with E-state index in [-0.39, 0.29) is 17.7 Å². The van der Waals surface area contributed by atoms with Crippen LogP contribution in [0, 0.1) is 5.92 Å². The molecule has 7 heteroatoms. The Kier molecular flexibility index (Phi) is 4.18. The van der Waals surface area contributed by atoms with Gasteiger partial charge in [-0.2, -0.15) is 0 Å². The molecule has 0 bridgehead atoms. The van der Waals surface area contributed by atoms with E-state index < -0.39 is 0 Å². The van der Waals surface area contributed by atoms with E-state index in [1.807, 2.05) is 17.0 Å². The first kappa shape index (κ1) is 15.8. The van der Waals surface area contributed by atoms with Crippen LogP contribution in [0.15, 0.2) is 18.2 Å². The van der Waals surface area contributed by atoms with Crippen LogP contribution in [0.25, 0.3) is 10.2 Å². The van der Waals surface area contributed by atoms with Crippen LogP contribution in [0.3, 0.4) is 0 Å². The molecule has 0 unspecified atom stereocenters. The number of likely N-dealkylation sites (tertiary alicyclic amines) is 1. The van der Waals surface area contributed by atoms with Gasteiger partial charge in [-0.1, -0.05) is 35.8 Å². The lowest BCUT2D eigenvalue weighted by Crippen LogP contribution is -2.35. The number of benzene rings is 1. The van der Waals surface area contributed by atoms with Crippen molar-refractivity contribution in [1.29, 1.82) is 0 Å². The van der Waals surface area contributed by atoms with E-state index in [1.54, 1.807) is 6.07 Å². The number of fused-ring (bicyclic) bond motifs is 1. The molecule has 1 aliphatic carbocycles. The molecule has 1 aliphatic heterocycles. The number of carbonyl (C=O) groups excluding carboxylic acids is 2. The monoisotopic (exact) mass is 363 g/mol. The van der Waals surface area contributed by atoms with Gasteiger partial charge in [0, 0.05) is 24.0 Å². The van der Waals surface area contributed by atoms with Gasteiger partial charge in [-0.05, 0) is 31.0 Å². The van der Waals surface area contributed by atoms with Crippen molar-refractivity contribution in [3.8, 4) is 0 Å². The molecule has 2 aliphatic rings. The summed E-state index contributed by atoms with van der Waals surface area (Å²) in [5, 5.41) is 4.08. The van der Waals surface area contributed by atoms with Crippen molar-refractivity contribution in [2.45, 2.75) is 38.1 Å². The van der Waals surface area contributed by atoms with Gasteiger partial charge >= 0.3 is 0 Å². The molecule has 2 amide bonds. The van der Waals surface area contributed by atoms with Crippen molar-refractivity contribution in [3.63, 3.8) is 0 Å². The third-order valence-corrected chi connectivity index (χ3v) is 6.04. The predicted octanol–water partition coefficient (Wildman–Crippen LogP) is 3.68. The molecule has 1 saturated carbocycles. The first-order valence-corrected chi connectivity index (χ1v) is 9.46. The maximum absolute atomic E-state index is 12.5. The Bertz CT molecular complexity index is 800. The first-order chi connectivity index (χ1) is 11.6. The Morgan fingerprint density at radius 2 is 2.12 bits per heavy atom. The topological polar surface area (TPSA) is 62.3 Å². The number of rotatable bonds is 3. The maximum Gasteiger partial charge on any atom is 0.231 e. The zero-order valence-electron chi connectivity index (χ0n) is 13.1. The summed E-state index contributed by atoms with van der Waals surface area (Å²) < 4.78 is 0.938. The third-order valence-electron chi connectivity index (χ3n) is 4.88. The number of anilines is 1. The lowest BCUT2D eigenvalue weighted by molar-refractivity contribution is -0.129. The molecule has 1 atom stereocenters. The highest BCUT2D eigenvalue weighted by Crippen LogP contribution is 2.31. The van der Waals surface area contributed by atoms with E-state index in [0.717, 1.165) is 23.1 Å². The summed E-state index contributed by atoms with van der Waals surface area (Å²) in [6.07, 6.45) is 4.80. The number of carbonyl (C=O) groups is 2. The Morgan fingerprint density at radius 3 is 2.92 bits per heavy atom. The molecule has 1 aromatic heterocycles. The van der Waals surface area contributed by atoms with Gasteiger partial charge < -0.3 is 10.2 Å². The normalized spacial score (nSPS) is 21.8. The van der Waals surface area contributed by atoms with Crippen LogP contribution in [0.4, 0.5) is 5.13 Å². The number of amides is 2. The van der Waals surface area contributed by atoms with Crippen LogP contribution in [0.2, 0.25) is 5.02 Å². The smallest absolute Gasteiger partial charge is 0.231 e. The number of hydrogen-bond acceptors (Lipinski definition) is 4. The van der Waals surface area contributed by atoms with Crippen molar-refractivity contribution in [3.05, 3.63) is 23.2 Å². The summed E-state index contributed by atoms with van der Waals surface area (Å²) in [5.74, 6) is -0.291. The summed E-state index contributed by atoms with van der Waals surface area (Å²) in [7, 11) is 0. The first-order valence-electron chi connectivity index (χ1n) is 8.26. The molecule has 1 saturated heterocycles. The molecule has 0 radical (unpaired) electrons. The Balaban J connectivity index is 1.44. The second-order valence-electron chi connectivity index (χ2n) is 6.51. The van der Waals surface area contributed by atoms with Crippen molar-refractivity contribution < 1.29 is 9.59 Å². The zero-order valence-corrected chi connectivity index (χ0v) is 14.7. The number of halogens is 1. The molecule has 1 aromatic carbocycles. The summed E-state index contributed by atoms with van der Waals surface area (Å²) in [4.78, 5) is 31.1. The minimum atomic E-state index is -0.284. The molecule has 1 N–H and O–H groups in total. The molecule has 2 heterocycles. The van der Waals surface area contributed by atoms with Crippen molar-refractivity contribution in [2.24, 2.45) is 5.92 Å². The summed E-state index contributed by atoms with van der Waals surface area (Å²) in [6, 6.07) is 5.79. The standard InChI is InChI=1S/C17H18ClN3O2S/c18-11-5-6-13-14(8-11)24-17(19-13)20-16(23)10-7-15(22)21(9-10)12-3-1-2-4-12/h5-6,8,10,12H,1-4,7,9H2,(H,19,20,23)/t10-/m0/s1. The highest BCUT2D eigenvalue weighted by molar-refractivity contribution is 7.22. The van der Waals surface area contributed by atoms with E-state index in [2.05, 4.69) is 10.3 Å². The summed E-state index contributed by atoms with van der Waals surface area (Å²) in [5.41, 5.74) is 0.815. The van der Waals surface area contributed by atoms with E-state index >= 15 is 0 Å². The van der Waals surface area contributed by atoms with Crippen molar-refractivity contribution in [2.75, 3.05) is 11.9 Å². The molecular weight excluding hydrogens is 346 g/mol. The minimum Gasteiger partial charge on any atom is -0.339 e. The largest absolute Gasteiger partial charge is 0.339 e. The Labute approximate surface area is 149 Å². The fourth-order valence-corrected chi connectivity index (χ4v) is 4.78. The van der Waals surface area contributed by atoms with Gasteiger partial charge in [0.1, 0.15) is 0 Å². The molecule has 0 spiro atoms. The van der Waals surface area contributed by atoms with Gasteiger partial charge in [0.05, 0.1) is 16.1 Å². The van der Waals surface area contributed by atoms with Crippen LogP contribution in [0.1, 0.15) is 32.1 Å². The van der Waals surface area contributed by atoms with Gasteiger partial charge in [-0.25, -0.2) is 4.98 Å². The lowest BCUT2D eigenvalue weighted by Gasteiger charge is -2.23. The van der Waals surface area contributed by atoms with Crippen LogP contribution in [-0.4, -0.2) is 34.3 Å². The quantitative estimate of drug-likeness (QED) is 0.904. The predicted molar refractivity (Wildman–Crippen MR) is 95.3 cm³/mol. The highest BCUT2D eigenvalue weighted by Gasteiger charge is 2.38. The van der Waals surface area contributed by atoms with Gasteiger partial charge in [-0.15, -0.1) is 0 Å². The van der Waals surface area contributed by atoms with Gasteiger partial charge in [-0.3, -0.25) is 9.59 Å². The molecule has 2 fully saturated rings. The molecule has 126 valence electrons. The Hall–Kier alpha value is -1.66. The van der Waals surface area contributed by atoms with Gasteiger partial charge in [0.25, 0.3) is 0 Å². The van der Waals surface area contributed by atoms with E-state index in [1.165, 1.54) is 24.2 Å². The number of thiazole rings is 1. The fourth-order valence-electron chi connectivity index (χ4n) is 3.64. The van der Waals surface area contributed by atoms with E-state index in [9.17, 15) is 9.59 Å². The third kappa shape index (κ3) is 3.00. The minimum absolute atomic E-state index is 0.109. The average molecular weight is 364 g/mol. The summed E-state index contributed by atoms with van der Waals surface area (Å²) >= 11 is 7.38. The van der Waals surface area contributed by atoms with E-state index in [4.69, 9.17) is 11.6 Å². The Morgan fingerprint density at radius 1 is 1.33 bits per heavy atom. The molecule has 5 nitrogen and oxygen atoms in total. The summed E-state index contributed by atoms with van der Waals surface area (Å²) in [6.45, 7) is 0.534. The molecule has 4 rings (SSSR count). The van der Waals surface area contributed by atoms with Crippen LogP contribution >= 0.6 is 22.9 Å². The lowest BCUT2D eigenvalue weighted by atomic mass is 10.1. The second-order valence-corrected chi connectivity index (χ2v) is 7.97. The van der Waals surface area contributed by atoms with Gasteiger partial charge in [0.2, 0.25) is 11.8 Å². The van der Waals surface area contributed by atoms with Crippen molar-refractivity contribution in [1.82, 2.24) is 9.88 Å². The fraction of sp³-hybridized carbons (Fsp3) is 0.471.